The first-order valence-corrected chi connectivity index (χ1v) is 8.86. The monoisotopic (exact) mass is 356 g/mol. The molecule has 0 bridgehead atoms. The highest BCUT2D eigenvalue weighted by Crippen LogP contribution is 2.22. The number of hydrogen-bond donors (Lipinski definition) is 2. The maximum absolute atomic E-state index is 12.7. The van der Waals surface area contributed by atoms with Crippen molar-refractivity contribution in [3.63, 3.8) is 0 Å². The molecule has 2 amide bonds. The molecule has 1 aliphatic heterocycles. The zero-order valence-corrected chi connectivity index (χ0v) is 14.2. The number of hydrogen-bond acceptors (Lipinski definition) is 4. The van der Waals surface area contributed by atoms with Crippen molar-refractivity contribution in [3.8, 4) is 0 Å². The van der Waals surface area contributed by atoms with Crippen molar-refractivity contribution >= 4 is 22.6 Å². The van der Waals surface area contributed by atoms with Gasteiger partial charge in [-0.1, -0.05) is 12.1 Å². The van der Waals surface area contributed by atoms with Crippen LogP contribution in [0.15, 0.2) is 33.9 Å². The molecule has 2 aromatic rings. The molecule has 2 aliphatic rings. The van der Waals surface area contributed by atoms with Gasteiger partial charge in [0.1, 0.15) is 12.6 Å². The Labute approximate surface area is 148 Å². The molecule has 136 valence electrons. The minimum Gasteiger partial charge on any atom is -0.352 e. The second-order valence-electron chi connectivity index (χ2n) is 6.91. The molecule has 0 radical (unpaired) electrons. The molecule has 1 aromatic carbocycles. The van der Waals surface area contributed by atoms with E-state index in [1.165, 1.54) is 4.90 Å². The number of amides is 2. The first-order chi connectivity index (χ1) is 12.5. The number of H-pyrrole nitrogens is 1. The largest absolute Gasteiger partial charge is 0.352 e. The maximum Gasteiger partial charge on any atom is 0.273 e. The van der Waals surface area contributed by atoms with Crippen molar-refractivity contribution in [1.29, 1.82) is 0 Å². The van der Waals surface area contributed by atoms with Gasteiger partial charge in [0.2, 0.25) is 11.8 Å². The molecule has 1 saturated carbocycles. The van der Waals surface area contributed by atoms with Gasteiger partial charge in [0, 0.05) is 12.6 Å². The number of aromatic nitrogens is 2. The molecule has 4 rings (SSSR count). The smallest absolute Gasteiger partial charge is 0.273 e. The lowest BCUT2D eigenvalue weighted by atomic mass is 10.2. The number of carbonyl (C=O) groups is 2. The fraction of sp³-hybridized carbons (Fsp3) is 0.444. The summed E-state index contributed by atoms with van der Waals surface area (Å²) in [6, 6.07) is 6.23. The molecule has 1 unspecified atom stereocenters. The summed E-state index contributed by atoms with van der Waals surface area (Å²) >= 11 is 0. The van der Waals surface area contributed by atoms with E-state index in [0.717, 1.165) is 23.9 Å². The van der Waals surface area contributed by atoms with Gasteiger partial charge in [-0.2, -0.15) is 0 Å². The molecule has 26 heavy (non-hydrogen) atoms. The van der Waals surface area contributed by atoms with Crippen LogP contribution < -0.4 is 16.4 Å². The number of carbonyl (C=O) groups excluding carboxylic acids is 2. The van der Waals surface area contributed by atoms with Crippen LogP contribution in [0.5, 0.6) is 0 Å². The van der Waals surface area contributed by atoms with Crippen LogP contribution in [0.2, 0.25) is 0 Å². The summed E-state index contributed by atoms with van der Waals surface area (Å²) in [5, 5.41) is 5.96. The second kappa shape index (κ2) is 6.44. The Balaban J connectivity index is 1.57. The van der Waals surface area contributed by atoms with Gasteiger partial charge in [0.05, 0.1) is 10.8 Å². The molecular weight excluding hydrogens is 336 g/mol. The Morgan fingerprint density at radius 2 is 1.85 bits per heavy atom. The molecule has 1 aliphatic carbocycles. The van der Waals surface area contributed by atoms with Gasteiger partial charge in [0.15, 0.2) is 0 Å². The minimum absolute atomic E-state index is 0.127. The SMILES string of the molecule is O=C(NC1CC1)C1CCCN1C(=O)Cn1[nH]c(=O)c2ccccc2c1=O. The van der Waals surface area contributed by atoms with Crippen molar-refractivity contribution in [3.05, 3.63) is 45.0 Å². The van der Waals surface area contributed by atoms with Crippen LogP contribution in [0.4, 0.5) is 0 Å². The molecule has 2 N–H and O–H groups in total. The quantitative estimate of drug-likeness (QED) is 0.802. The third kappa shape index (κ3) is 3.02. The molecular formula is C18H20N4O4. The Morgan fingerprint density at radius 3 is 2.58 bits per heavy atom. The average molecular weight is 356 g/mol. The highest BCUT2D eigenvalue weighted by atomic mass is 16.2. The number of rotatable bonds is 4. The van der Waals surface area contributed by atoms with Crippen molar-refractivity contribution in [2.24, 2.45) is 0 Å². The topological polar surface area (TPSA) is 104 Å². The molecule has 8 heteroatoms. The number of fused-ring (bicyclic) bond motifs is 1. The maximum atomic E-state index is 12.7. The fourth-order valence-corrected chi connectivity index (χ4v) is 3.45. The Hall–Kier alpha value is -2.90. The van der Waals surface area contributed by atoms with Gasteiger partial charge in [-0.25, -0.2) is 4.68 Å². The van der Waals surface area contributed by atoms with Crippen molar-refractivity contribution in [2.45, 2.75) is 44.3 Å². The first-order valence-electron chi connectivity index (χ1n) is 8.86. The van der Waals surface area contributed by atoms with Crippen LogP contribution in [-0.4, -0.2) is 45.1 Å². The summed E-state index contributed by atoms with van der Waals surface area (Å²) < 4.78 is 1.03. The average Bonchev–Trinajstić information content (AvgIpc) is 3.30. The van der Waals surface area contributed by atoms with Gasteiger partial charge in [0.25, 0.3) is 11.1 Å². The van der Waals surface area contributed by atoms with E-state index in [9.17, 15) is 19.2 Å². The molecule has 1 atom stereocenters. The van der Waals surface area contributed by atoms with E-state index in [1.54, 1.807) is 24.3 Å². The zero-order chi connectivity index (χ0) is 18.3. The normalized spacial score (nSPS) is 19.7. The summed E-state index contributed by atoms with van der Waals surface area (Å²) in [5.41, 5.74) is -0.843. The standard InChI is InChI=1S/C18H20N4O4/c23-15(21-9-3-6-14(21)17(25)19-11-7-8-11)10-22-18(26)13-5-2-1-4-12(13)16(24)20-22/h1-2,4-5,11,14H,3,6-10H2,(H,19,25)(H,20,24). The highest BCUT2D eigenvalue weighted by Gasteiger charge is 2.36. The predicted octanol–water partition coefficient (Wildman–Crippen LogP) is -0.0406. The van der Waals surface area contributed by atoms with Crippen molar-refractivity contribution < 1.29 is 9.59 Å². The molecule has 1 saturated heterocycles. The molecule has 0 spiro atoms. The highest BCUT2D eigenvalue weighted by molar-refractivity contribution is 5.88. The lowest BCUT2D eigenvalue weighted by Gasteiger charge is -2.24. The van der Waals surface area contributed by atoms with Crippen LogP contribution in [0, 0.1) is 0 Å². The predicted molar refractivity (Wildman–Crippen MR) is 94.7 cm³/mol. The van der Waals surface area contributed by atoms with Crippen molar-refractivity contribution in [1.82, 2.24) is 20.0 Å². The van der Waals surface area contributed by atoms with E-state index in [0.29, 0.717) is 18.4 Å². The van der Waals surface area contributed by atoms with Crippen LogP contribution in [0.1, 0.15) is 25.7 Å². The third-order valence-corrected chi connectivity index (χ3v) is 4.98. The van der Waals surface area contributed by atoms with E-state index in [-0.39, 0.29) is 29.8 Å². The van der Waals surface area contributed by atoms with Crippen LogP contribution in [0.3, 0.4) is 0 Å². The minimum atomic E-state index is -0.494. The van der Waals surface area contributed by atoms with Gasteiger partial charge in [-0.05, 0) is 37.8 Å². The van der Waals surface area contributed by atoms with Crippen LogP contribution in [0.25, 0.3) is 10.8 Å². The first kappa shape index (κ1) is 16.6. The summed E-state index contributed by atoms with van der Waals surface area (Å²) in [6.07, 6.45) is 3.34. The molecule has 8 nitrogen and oxygen atoms in total. The zero-order valence-electron chi connectivity index (χ0n) is 14.2. The number of likely N-dealkylation sites (tertiary alicyclic amines) is 1. The van der Waals surface area contributed by atoms with E-state index in [2.05, 4.69) is 10.4 Å². The molecule has 2 fully saturated rings. The number of nitrogens with zero attached hydrogens (tertiary/aromatic N) is 2. The molecule has 1 aromatic heterocycles. The van der Waals surface area contributed by atoms with E-state index in [4.69, 9.17) is 0 Å². The third-order valence-electron chi connectivity index (χ3n) is 4.98. The van der Waals surface area contributed by atoms with E-state index in [1.807, 2.05) is 0 Å². The Morgan fingerprint density at radius 1 is 1.12 bits per heavy atom. The Bertz CT molecular complexity index is 989. The number of nitrogens with one attached hydrogen (secondary N) is 2. The number of aromatic amines is 1. The van der Waals surface area contributed by atoms with Gasteiger partial charge in [-0.15, -0.1) is 0 Å². The van der Waals surface area contributed by atoms with Gasteiger partial charge in [-0.3, -0.25) is 24.3 Å². The van der Waals surface area contributed by atoms with E-state index < -0.39 is 17.2 Å². The second-order valence-corrected chi connectivity index (χ2v) is 6.91. The summed E-state index contributed by atoms with van der Waals surface area (Å²) in [6.45, 7) is 0.195. The van der Waals surface area contributed by atoms with Crippen LogP contribution in [-0.2, 0) is 16.1 Å². The summed E-state index contributed by atoms with van der Waals surface area (Å²) in [4.78, 5) is 51.2. The summed E-state index contributed by atoms with van der Waals surface area (Å²) in [7, 11) is 0. The molecule has 2 heterocycles. The number of benzene rings is 1. The Kier molecular flexibility index (Phi) is 4.10. The fourth-order valence-electron chi connectivity index (χ4n) is 3.45. The van der Waals surface area contributed by atoms with E-state index >= 15 is 0 Å². The summed E-state index contributed by atoms with van der Waals surface area (Å²) in [5.74, 6) is -0.468. The lowest BCUT2D eigenvalue weighted by molar-refractivity contribution is -0.139. The van der Waals surface area contributed by atoms with Crippen LogP contribution >= 0.6 is 0 Å². The van der Waals surface area contributed by atoms with Gasteiger partial charge >= 0.3 is 0 Å². The van der Waals surface area contributed by atoms with Crippen molar-refractivity contribution in [2.75, 3.05) is 6.54 Å². The lowest BCUT2D eigenvalue weighted by Crippen LogP contribution is -2.48. The van der Waals surface area contributed by atoms with Gasteiger partial charge < -0.3 is 10.2 Å².